The predicted molar refractivity (Wildman–Crippen MR) is 68.5 cm³/mol. The van der Waals surface area contributed by atoms with Crippen molar-refractivity contribution in [3.63, 3.8) is 0 Å². The van der Waals surface area contributed by atoms with Crippen molar-refractivity contribution in [1.29, 1.82) is 0 Å². The van der Waals surface area contributed by atoms with E-state index >= 15 is 0 Å². The summed E-state index contributed by atoms with van der Waals surface area (Å²) in [7, 11) is 5.36. The highest BCUT2D eigenvalue weighted by molar-refractivity contribution is 5.18. The molecule has 1 atom stereocenters. The Labute approximate surface area is 103 Å². The summed E-state index contributed by atoms with van der Waals surface area (Å²) in [5, 5.41) is 3.32. The van der Waals surface area contributed by atoms with E-state index in [1.165, 1.54) is 5.56 Å². The number of likely N-dealkylation sites (N-methyl/N-ethyl adjacent to an activating group) is 1. The number of hydrogen-bond donors (Lipinski definition) is 1. The first-order chi connectivity index (χ1) is 8.30. The van der Waals surface area contributed by atoms with Crippen LogP contribution in [-0.4, -0.2) is 38.9 Å². The minimum Gasteiger partial charge on any atom is -0.481 e. The molecule has 0 bridgehead atoms. The van der Waals surface area contributed by atoms with Gasteiger partial charge in [0.15, 0.2) is 0 Å². The lowest BCUT2D eigenvalue weighted by molar-refractivity contribution is 0.189. The van der Waals surface area contributed by atoms with Gasteiger partial charge in [-0.3, -0.25) is 0 Å². The fourth-order valence-corrected chi connectivity index (χ4v) is 1.76. The van der Waals surface area contributed by atoms with Gasteiger partial charge in [-0.2, -0.15) is 0 Å². The molecule has 1 aromatic heterocycles. The average Bonchev–Trinajstić information content (AvgIpc) is 2.38. The lowest BCUT2D eigenvalue weighted by Crippen LogP contribution is -2.27. The van der Waals surface area contributed by atoms with Crippen LogP contribution in [0.2, 0.25) is 0 Å². The molecule has 1 unspecified atom stereocenters. The van der Waals surface area contributed by atoms with Crippen LogP contribution in [0.4, 0.5) is 0 Å². The second kappa shape index (κ2) is 8.03. The summed E-state index contributed by atoms with van der Waals surface area (Å²) in [5.74, 6) is 0.661. The van der Waals surface area contributed by atoms with Gasteiger partial charge in [0.2, 0.25) is 5.88 Å². The Morgan fingerprint density at radius 2 is 2.18 bits per heavy atom. The molecular weight excluding hydrogens is 216 g/mol. The quantitative estimate of drug-likeness (QED) is 0.699. The number of pyridine rings is 1. The molecule has 0 aliphatic heterocycles. The van der Waals surface area contributed by atoms with Gasteiger partial charge in [-0.05, 0) is 31.9 Å². The first kappa shape index (κ1) is 13.9. The van der Waals surface area contributed by atoms with E-state index in [0.29, 0.717) is 11.9 Å². The summed E-state index contributed by atoms with van der Waals surface area (Å²) < 4.78 is 10.1. The molecule has 1 rings (SSSR count). The molecule has 4 heteroatoms. The fourth-order valence-electron chi connectivity index (χ4n) is 1.76. The molecule has 1 heterocycles. The van der Waals surface area contributed by atoms with Gasteiger partial charge in [0.1, 0.15) is 0 Å². The third-order valence-corrected chi connectivity index (χ3v) is 2.80. The zero-order valence-electron chi connectivity index (χ0n) is 10.9. The van der Waals surface area contributed by atoms with Gasteiger partial charge in [0.05, 0.1) is 7.11 Å². The van der Waals surface area contributed by atoms with Gasteiger partial charge in [-0.1, -0.05) is 6.07 Å². The maximum Gasteiger partial charge on any atom is 0.212 e. The molecule has 0 amide bonds. The van der Waals surface area contributed by atoms with Crippen LogP contribution in [0, 0.1) is 0 Å². The molecule has 0 fully saturated rings. The average molecular weight is 238 g/mol. The van der Waals surface area contributed by atoms with E-state index in [1.807, 2.05) is 19.3 Å². The van der Waals surface area contributed by atoms with Gasteiger partial charge in [-0.15, -0.1) is 0 Å². The summed E-state index contributed by atoms with van der Waals surface area (Å²) in [6.07, 6.45) is 5.04. The Bertz CT molecular complexity index is 301. The van der Waals surface area contributed by atoms with Crippen LogP contribution in [-0.2, 0) is 11.2 Å². The lowest BCUT2D eigenvalue weighted by atomic mass is 10.0. The normalized spacial score (nSPS) is 12.4. The highest BCUT2D eigenvalue weighted by Gasteiger charge is 2.07. The van der Waals surface area contributed by atoms with E-state index < -0.39 is 0 Å². The first-order valence-corrected chi connectivity index (χ1v) is 5.95. The van der Waals surface area contributed by atoms with E-state index in [2.05, 4.69) is 16.4 Å². The van der Waals surface area contributed by atoms with Gasteiger partial charge in [0.25, 0.3) is 0 Å². The van der Waals surface area contributed by atoms with Crippen LogP contribution >= 0.6 is 0 Å². The number of nitrogens with zero attached hydrogens (tertiary/aromatic N) is 1. The number of methoxy groups -OCH3 is 2. The van der Waals surface area contributed by atoms with Crippen LogP contribution in [0.25, 0.3) is 0 Å². The highest BCUT2D eigenvalue weighted by Crippen LogP contribution is 2.10. The largest absolute Gasteiger partial charge is 0.481 e. The molecule has 1 aromatic rings. The molecule has 0 aromatic carbocycles. The van der Waals surface area contributed by atoms with Gasteiger partial charge >= 0.3 is 0 Å². The van der Waals surface area contributed by atoms with Crippen LogP contribution in [0.3, 0.4) is 0 Å². The third-order valence-electron chi connectivity index (χ3n) is 2.80. The minimum absolute atomic E-state index is 0.473. The molecule has 1 N–H and O–H groups in total. The predicted octanol–water partition coefficient (Wildman–Crippen LogP) is 1.65. The lowest BCUT2D eigenvalue weighted by Gasteiger charge is -2.15. The van der Waals surface area contributed by atoms with Gasteiger partial charge in [-0.25, -0.2) is 4.98 Å². The van der Waals surface area contributed by atoms with Crippen molar-refractivity contribution < 1.29 is 9.47 Å². The first-order valence-electron chi connectivity index (χ1n) is 5.95. The summed E-state index contributed by atoms with van der Waals surface area (Å²) in [5.41, 5.74) is 1.22. The second-order valence-corrected chi connectivity index (χ2v) is 4.03. The highest BCUT2D eigenvalue weighted by atomic mass is 16.5. The molecule has 17 heavy (non-hydrogen) atoms. The third kappa shape index (κ3) is 5.15. The van der Waals surface area contributed by atoms with Crippen molar-refractivity contribution in [2.75, 3.05) is 27.9 Å². The monoisotopic (exact) mass is 238 g/mol. The van der Waals surface area contributed by atoms with Crippen LogP contribution in [0.1, 0.15) is 18.4 Å². The standard InChI is InChI=1S/C13H22N2O2/c1-14-12(5-4-8-16-2)9-11-6-7-13(17-3)15-10-11/h6-7,10,12,14H,4-5,8-9H2,1-3H3. The van der Waals surface area contributed by atoms with Crippen LogP contribution in [0.5, 0.6) is 5.88 Å². The summed E-state index contributed by atoms with van der Waals surface area (Å²) in [6.45, 7) is 0.818. The molecule has 0 aliphatic carbocycles. The molecule has 4 nitrogen and oxygen atoms in total. The summed E-state index contributed by atoms with van der Waals surface area (Å²) in [4.78, 5) is 4.21. The molecular formula is C13H22N2O2. The SMILES string of the molecule is CNC(CCCOC)Cc1ccc(OC)nc1. The van der Waals surface area contributed by atoms with Crippen molar-refractivity contribution in [3.8, 4) is 5.88 Å². The maximum atomic E-state index is 5.06. The Balaban J connectivity index is 2.43. The number of rotatable bonds is 8. The number of hydrogen-bond acceptors (Lipinski definition) is 4. The Morgan fingerprint density at radius 3 is 2.71 bits per heavy atom. The van der Waals surface area contributed by atoms with E-state index in [4.69, 9.17) is 9.47 Å². The number of aromatic nitrogens is 1. The summed E-state index contributed by atoms with van der Waals surface area (Å²) in [6, 6.07) is 4.43. The fraction of sp³-hybridized carbons (Fsp3) is 0.615. The van der Waals surface area contributed by atoms with E-state index in [9.17, 15) is 0 Å². The van der Waals surface area contributed by atoms with Crippen molar-refractivity contribution in [1.82, 2.24) is 10.3 Å². The van der Waals surface area contributed by atoms with Crippen LogP contribution < -0.4 is 10.1 Å². The van der Waals surface area contributed by atoms with Crippen molar-refractivity contribution in [2.24, 2.45) is 0 Å². The minimum atomic E-state index is 0.473. The smallest absolute Gasteiger partial charge is 0.212 e. The topological polar surface area (TPSA) is 43.4 Å². The molecule has 0 aliphatic rings. The van der Waals surface area contributed by atoms with Crippen LogP contribution in [0.15, 0.2) is 18.3 Å². The van der Waals surface area contributed by atoms with E-state index in [-0.39, 0.29) is 0 Å². The Morgan fingerprint density at radius 1 is 1.35 bits per heavy atom. The number of ether oxygens (including phenoxy) is 2. The zero-order valence-corrected chi connectivity index (χ0v) is 10.9. The summed E-state index contributed by atoms with van der Waals surface area (Å²) >= 11 is 0. The molecule has 0 saturated carbocycles. The zero-order chi connectivity index (χ0) is 12.5. The van der Waals surface area contributed by atoms with E-state index in [0.717, 1.165) is 25.9 Å². The van der Waals surface area contributed by atoms with Crippen molar-refractivity contribution in [2.45, 2.75) is 25.3 Å². The maximum absolute atomic E-state index is 5.06. The van der Waals surface area contributed by atoms with Crippen molar-refractivity contribution >= 4 is 0 Å². The number of nitrogens with one attached hydrogen (secondary N) is 1. The molecule has 0 saturated heterocycles. The molecule has 0 radical (unpaired) electrons. The van der Waals surface area contributed by atoms with Gasteiger partial charge in [0, 0.05) is 32.0 Å². The Hall–Kier alpha value is -1.13. The molecule has 96 valence electrons. The van der Waals surface area contributed by atoms with E-state index in [1.54, 1.807) is 14.2 Å². The van der Waals surface area contributed by atoms with Gasteiger partial charge < -0.3 is 14.8 Å². The van der Waals surface area contributed by atoms with Crippen molar-refractivity contribution in [3.05, 3.63) is 23.9 Å². The second-order valence-electron chi connectivity index (χ2n) is 4.03. The molecule has 0 spiro atoms. The Kier molecular flexibility index (Phi) is 6.58.